The lowest BCUT2D eigenvalue weighted by atomic mass is 9.48. The topological polar surface area (TPSA) is 84.8 Å². The second-order valence-electron chi connectivity index (χ2n) is 10.9. The summed E-state index contributed by atoms with van der Waals surface area (Å²) in [5.74, 6) is 0.965. The van der Waals surface area contributed by atoms with Crippen LogP contribution in [0.5, 0.6) is 5.75 Å². The summed E-state index contributed by atoms with van der Waals surface area (Å²) in [5, 5.41) is 20.2. The number of carboxylic acid groups (broad SMARTS) is 1. The summed E-state index contributed by atoms with van der Waals surface area (Å²) in [5.41, 5.74) is 3.31. The first-order chi connectivity index (χ1) is 16.6. The number of fused-ring (bicyclic) bond motifs is 1. The average Bonchev–Trinajstić information content (AvgIpc) is 2.74. The third-order valence-corrected chi connectivity index (χ3v) is 7.71. The highest BCUT2D eigenvalue weighted by Crippen LogP contribution is 2.63. The number of halogens is 1. The van der Waals surface area contributed by atoms with E-state index in [0.717, 1.165) is 34.9 Å². The molecule has 8 heteroatoms. The van der Waals surface area contributed by atoms with Gasteiger partial charge in [0.05, 0.1) is 11.2 Å². The molecule has 1 unspecified atom stereocenters. The Balaban J connectivity index is 1.40. The molecule has 0 radical (unpaired) electrons. The molecule has 1 amide bonds. The number of likely N-dealkylation sites (tertiary alicyclic amines) is 1. The summed E-state index contributed by atoms with van der Waals surface area (Å²) in [4.78, 5) is 13.3. The Hall–Kier alpha value is -2.90. The maximum atomic E-state index is 11.7. The molecule has 2 aliphatic rings. The highest BCUT2D eigenvalue weighted by Gasteiger charge is 2.64. The van der Waals surface area contributed by atoms with E-state index in [4.69, 9.17) is 21.1 Å². The van der Waals surface area contributed by atoms with Gasteiger partial charge in [0.2, 0.25) is 0 Å². The third kappa shape index (κ3) is 4.10. The summed E-state index contributed by atoms with van der Waals surface area (Å²) in [7, 11) is 1.58. The Kier molecular flexibility index (Phi) is 5.88. The molecular weight excluding hydrogens is 466 g/mol. The van der Waals surface area contributed by atoms with Crippen molar-refractivity contribution in [1.29, 1.82) is 0 Å². The Morgan fingerprint density at radius 3 is 2.63 bits per heavy atom. The van der Waals surface area contributed by atoms with Gasteiger partial charge in [-0.3, -0.25) is 0 Å². The van der Waals surface area contributed by atoms with Gasteiger partial charge in [0.25, 0.3) is 0 Å². The van der Waals surface area contributed by atoms with Crippen molar-refractivity contribution in [2.24, 2.45) is 10.8 Å². The zero-order chi connectivity index (χ0) is 25.0. The number of carbonyl (C=O) groups is 1. The van der Waals surface area contributed by atoms with Crippen LogP contribution < -0.4 is 4.74 Å². The monoisotopic (exact) mass is 495 g/mol. The van der Waals surface area contributed by atoms with Gasteiger partial charge in [0.15, 0.2) is 6.79 Å². The Morgan fingerprint density at radius 2 is 1.94 bits per heavy atom. The van der Waals surface area contributed by atoms with Gasteiger partial charge in [0, 0.05) is 41.1 Å². The molecule has 1 aliphatic carbocycles. The normalized spacial score (nSPS) is 23.7. The predicted molar refractivity (Wildman–Crippen MR) is 135 cm³/mol. The quantitative estimate of drug-likeness (QED) is 0.424. The molecule has 2 heterocycles. The fraction of sp³-hybridized carbons (Fsp3) is 0.444. The van der Waals surface area contributed by atoms with Gasteiger partial charge in [-0.2, -0.15) is 0 Å². The van der Waals surface area contributed by atoms with E-state index in [2.05, 4.69) is 31.0 Å². The number of aromatic nitrogens is 2. The van der Waals surface area contributed by atoms with E-state index in [1.54, 1.807) is 12.0 Å². The minimum absolute atomic E-state index is 0.0192. The zero-order valence-corrected chi connectivity index (χ0v) is 21.2. The molecule has 2 fully saturated rings. The smallest absolute Gasteiger partial charge is 0.407 e. The molecule has 1 aromatic heterocycles. The van der Waals surface area contributed by atoms with Gasteiger partial charge in [-0.15, -0.1) is 10.2 Å². The lowest BCUT2D eigenvalue weighted by Gasteiger charge is -2.67. The zero-order valence-electron chi connectivity index (χ0n) is 20.4. The van der Waals surface area contributed by atoms with Crippen molar-refractivity contribution in [3.05, 3.63) is 53.1 Å². The van der Waals surface area contributed by atoms with Crippen LogP contribution in [0.25, 0.3) is 22.2 Å². The van der Waals surface area contributed by atoms with Gasteiger partial charge < -0.3 is 19.5 Å². The molecule has 2 aromatic carbocycles. The van der Waals surface area contributed by atoms with Crippen LogP contribution in [0.1, 0.15) is 45.1 Å². The van der Waals surface area contributed by atoms with Crippen molar-refractivity contribution >= 4 is 28.6 Å². The van der Waals surface area contributed by atoms with Crippen molar-refractivity contribution < 1.29 is 19.4 Å². The predicted octanol–water partition coefficient (Wildman–Crippen LogP) is 6.21. The number of nitrogens with zero attached hydrogens (tertiary/aromatic N) is 3. The summed E-state index contributed by atoms with van der Waals surface area (Å²) >= 11 is 6.77. The molecular formula is C27H30ClN3O4. The number of hydrogen-bond donors (Lipinski definition) is 1. The molecule has 1 saturated carbocycles. The fourth-order valence-electron chi connectivity index (χ4n) is 6.24. The van der Waals surface area contributed by atoms with E-state index in [1.165, 1.54) is 0 Å². The number of amides is 1. The van der Waals surface area contributed by atoms with Crippen LogP contribution in [-0.2, 0) is 4.74 Å². The van der Waals surface area contributed by atoms with Crippen LogP contribution in [0.2, 0.25) is 5.02 Å². The summed E-state index contributed by atoms with van der Waals surface area (Å²) in [6.45, 7) is 7.11. The van der Waals surface area contributed by atoms with E-state index in [0.29, 0.717) is 23.0 Å². The van der Waals surface area contributed by atoms with Crippen LogP contribution >= 0.6 is 11.6 Å². The lowest BCUT2D eigenvalue weighted by Crippen LogP contribution is -2.73. The maximum Gasteiger partial charge on any atom is 0.407 e. The SMILES string of the molecule is COCOc1ccccc1-c1cc2cc(Cl)c(C3CC4(C3)CN(C(=O)O)C4C(C)(C)C)cc2nn1. The Morgan fingerprint density at radius 1 is 1.20 bits per heavy atom. The second kappa shape index (κ2) is 8.64. The molecule has 1 aliphatic heterocycles. The molecule has 1 atom stereocenters. The molecule has 1 N–H and O–H groups in total. The maximum absolute atomic E-state index is 11.7. The first kappa shape index (κ1) is 23.8. The van der Waals surface area contributed by atoms with E-state index < -0.39 is 6.09 Å². The second-order valence-corrected chi connectivity index (χ2v) is 11.3. The standard InChI is InChI=1S/C27H30ClN3O4/c1-26(2,3)24-27(14-31(24)25(32)33)12-17(13-27)19-11-21-16(9-20(19)28)10-22(30-29-21)18-7-5-6-8-23(18)35-15-34-4/h5-11,17,24H,12-15H2,1-4H3,(H,32,33). The fourth-order valence-corrected chi connectivity index (χ4v) is 6.57. The molecule has 1 saturated heterocycles. The van der Waals surface area contributed by atoms with Crippen LogP contribution in [0.4, 0.5) is 4.79 Å². The van der Waals surface area contributed by atoms with Crippen molar-refractivity contribution in [2.75, 3.05) is 20.4 Å². The summed E-state index contributed by atoms with van der Waals surface area (Å²) in [6.07, 6.45) is 1.03. The van der Waals surface area contributed by atoms with Crippen molar-refractivity contribution in [3.63, 3.8) is 0 Å². The first-order valence-corrected chi connectivity index (χ1v) is 12.2. The minimum Gasteiger partial charge on any atom is -0.467 e. The Labute approximate surface area is 210 Å². The van der Waals surface area contributed by atoms with Crippen molar-refractivity contribution in [3.8, 4) is 17.0 Å². The van der Waals surface area contributed by atoms with Gasteiger partial charge >= 0.3 is 6.09 Å². The van der Waals surface area contributed by atoms with Crippen LogP contribution in [-0.4, -0.2) is 52.8 Å². The van der Waals surface area contributed by atoms with Crippen LogP contribution in [0.15, 0.2) is 42.5 Å². The number of para-hydroxylation sites is 1. The van der Waals surface area contributed by atoms with Crippen molar-refractivity contribution in [2.45, 2.75) is 45.6 Å². The summed E-state index contributed by atoms with van der Waals surface area (Å²) in [6, 6.07) is 13.6. The van der Waals surface area contributed by atoms with Gasteiger partial charge in [-0.25, -0.2) is 4.79 Å². The minimum atomic E-state index is -0.831. The summed E-state index contributed by atoms with van der Waals surface area (Å²) < 4.78 is 10.7. The number of methoxy groups -OCH3 is 1. The van der Waals surface area contributed by atoms with E-state index in [1.807, 2.05) is 42.5 Å². The number of hydrogen-bond acceptors (Lipinski definition) is 5. The van der Waals surface area contributed by atoms with E-state index in [-0.39, 0.29) is 29.6 Å². The molecule has 5 rings (SSSR count). The van der Waals surface area contributed by atoms with Gasteiger partial charge in [-0.05, 0) is 60.1 Å². The van der Waals surface area contributed by atoms with E-state index >= 15 is 0 Å². The molecule has 35 heavy (non-hydrogen) atoms. The highest BCUT2D eigenvalue weighted by atomic mass is 35.5. The molecule has 1 spiro atoms. The molecule has 7 nitrogen and oxygen atoms in total. The molecule has 3 aromatic rings. The average molecular weight is 496 g/mol. The first-order valence-electron chi connectivity index (χ1n) is 11.8. The molecule has 0 bridgehead atoms. The van der Waals surface area contributed by atoms with Gasteiger partial charge in [-0.1, -0.05) is 44.5 Å². The van der Waals surface area contributed by atoms with Crippen molar-refractivity contribution in [1.82, 2.24) is 15.1 Å². The number of rotatable bonds is 5. The highest BCUT2D eigenvalue weighted by molar-refractivity contribution is 6.32. The largest absolute Gasteiger partial charge is 0.467 e. The van der Waals surface area contributed by atoms with Gasteiger partial charge in [0.1, 0.15) is 5.75 Å². The number of ether oxygens (including phenoxy) is 2. The number of benzene rings is 2. The van der Waals surface area contributed by atoms with Crippen LogP contribution in [0.3, 0.4) is 0 Å². The molecule has 184 valence electrons. The van der Waals surface area contributed by atoms with Crippen LogP contribution in [0, 0.1) is 10.8 Å². The third-order valence-electron chi connectivity index (χ3n) is 7.39. The van der Waals surface area contributed by atoms with E-state index in [9.17, 15) is 9.90 Å². The lowest BCUT2D eigenvalue weighted by molar-refractivity contribution is -0.158. The Bertz CT molecular complexity index is 1280.